The molecule has 2 aromatic rings. The maximum Gasteiger partial charge on any atom is 0.490 e. The highest BCUT2D eigenvalue weighted by Gasteiger charge is 2.60. The minimum Gasteiger partial charge on any atom is -0.407 e. The first kappa shape index (κ1) is 24.1. The molecule has 5 rings (SSSR count). The van der Waals surface area contributed by atoms with Crippen molar-refractivity contribution in [2.45, 2.75) is 71.1 Å². The molecular formula is C29H39BO3Si. The Morgan fingerprint density at radius 3 is 1.79 bits per heavy atom. The molecule has 0 N–H and O–H groups in total. The summed E-state index contributed by atoms with van der Waals surface area (Å²) in [6, 6.07) is 21.9. The second-order valence-electron chi connectivity index (χ2n) is 12.4. The van der Waals surface area contributed by atoms with Gasteiger partial charge < -0.3 is 13.7 Å². The summed E-state index contributed by atoms with van der Waals surface area (Å²) in [6.45, 7) is 16.4. The third-order valence-corrected chi connectivity index (χ3v) is 13.7. The summed E-state index contributed by atoms with van der Waals surface area (Å²) in [7, 11) is -2.67. The lowest BCUT2D eigenvalue weighted by atomic mass is 9.76. The van der Waals surface area contributed by atoms with E-state index in [1.807, 2.05) is 0 Å². The van der Waals surface area contributed by atoms with Crippen LogP contribution in [0.1, 0.15) is 54.9 Å². The zero-order chi connectivity index (χ0) is 24.4. The van der Waals surface area contributed by atoms with Crippen molar-refractivity contribution in [2.75, 3.05) is 6.61 Å². The van der Waals surface area contributed by atoms with E-state index in [1.54, 1.807) is 0 Å². The van der Waals surface area contributed by atoms with Crippen LogP contribution in [0.15, 0.2) is 72.2 Å². The molecule has 1 heterocycles. The van der Waals surface area contributed by atoms with Crippen molar-refractivity contribution < 1.29 is 13.7 Å². The standard InChI is InChI=1S/C29H39BO3Si/c1-27(2,3)34(22-14-10-8-11-15-22,23-16-12-9-13-17-23)31-20-26-24-18-21(19-25(24)26)30-32-28(4,5)29(6,7)33-30/h8-18,24-26H,19-20H2,1-7H3. The minimum atomic E-state index is -2.47. The Bertz CT molecular complexity index is 1000. The van der Waals surface area contributed by atoms with Crippen LogP contribution in [-0.2, 0) is 13.7 Å². The zero-order valence-corrected chi connectivity index (χ0v) is 22.8. The molecule has 3 unspecified atom stereocenters. The number of rotatable bonds is 6. The molecule has 0 bridgehead atoms. The van der Waals surface area contributed by atoms with Crippen molar-refractivity contribution in [1.82, 2.24) is 0 Å². The Hall–Kier alpha value is -1.66. The molecule has 180 valence electrons. The molecule has 1 aliphatic heterocycles. The fourth-order valence-electron chi connectivity index (χ4n) is 5.98. The van der Waals surface area contributed by atoms with E-state index in [1.165, 1.54) is 15.8 Å². The topological polar surface area (TPSA) is 27.7 Å². The van der Waals surface area contributed by atoms with E-state index in [0.717, 1.165) is 13.0 Å². The molecule has 0 amide bonds. The second-order valence-corrected chi connectivity index (χ2v) is 16.7. The van der Waals surface area contributed by atoms with Gasteiger partial charge in [0.1, 0.15) is 0 Å². The second kappa shape index (κ2) is 8.19. The highest BCUT2D eigenvalue weighted by molar-refractivity contribution is 6.99. The SMILES string of the molecule is CC1(C)OB(C2=CC3C(CO[Si](c4ccccc4)(c4ccccc4)C(C)(C)C)C3C2)OC1(C)C. The van der Waals surface area contributed by atoms with Gasteiger partial charge in [-0.15, -0.1) is 0 Å². The highest BCUT2D eigenvalue weighted by atomic mass is 28.4. The van der Waals surface area contributed by atoms with Crippen LogP contribution < -0.4 is 10.4 Å². The largest absolute Gasteiger partial charge is 0.490 e. The van der Waals surface area contributed by atoms with Crippen molar-refractivity contribution >= 4 is 25.8 Å². The van der Waals surface area contributed by atoms with E-state index in [4.69, 9.17) is 13.7 Å². The first-order valence-electron chi connectivity index (χ1n) is 12.8. The van der Waals surface area contributed by atoms with Gasteiger partial charge in [-0.3, -0.25) is 0 Å². The Kier molecular flexibility index (Phi) is 5.80. The van der Waals surface area contributed by atoms with Gasteiger partial charge in [0.05, 0.1) is 11.2 Å². The monoisotopic (exact) mass is 474 g/mol. The molecule has 34 heavy (non-hydrogen) atoms. The number of benzene rings is 2. The van der Waals surface area contributed by atoms with Crippen LogP contribution >= 0.6 is 0 Å². The summed E-state index contributed by atoms with van der Waals surface area (Å²) in [4.78, 5) is 0. The lowest BCUT2D eigenvalue weighted by Crippen LogP contribution is -2.66. The van der Waals surface area contributed by atoms with Gasteiger partial charge in [0.25, 0.3) is 8.32 Å². The molecule has 0 aromatic heterocycles. The van der Waals surface area contributed by atoms with Crippen LogP contribution in [0.2, 0.25) is 5.04 Å². The summed E-state index contributed by atoms with van der Waals surface area (Å²) in [5, 5.41) is 2.73. The van der Waals surface area contributed by atoms with Gasteiger partial charge in [0.2, 0.25) is 0 Å². The summed E-state index contributed by atoms with van der Waals surface area (Å²) < 4.78 is 19.8. The van der Waals surface area contributed by atoms with Gasteiger partial charge in [-0.05, 0) is 72.8 Å². The summed E-state index contributed by atoms with van der Waals surface area (Å²) >= 11 is 0. The third-order valence-electron chi connectivity index (χ3n) is 8.74. The Balaban J connectivity index is 1.36. The molecule has 5 heteroatoms. The normalized spacial score (nSPS) is 27.4. The molecule has 1 saturated carbocycles. The first-order chi connectivity index (χ1) is 16.0. The van der Waals surface area contributed by atoms with E-state index < -0.39 is 8.32 Å². The van der Waals surface area contributed by atoms with Crippen molar-refractivity contribution in [3.05, 3.63) is 72.2 Å². The highest BCUT2D eigenvalue weighted by Crippen LogP contribution is 2.58. The maximum atomic E-state index is 7.20. The molecule has 2 aliphatic carbocycles. The molecule has 2 aromatic carbocycles. The van der Waals surface area contributed by atoms with E-state index >= 15 is 0 Å². The molecule has 2 fully saturated rings. The van der Waals surface area contributed by atoms with Crippen LogP contribution in [0.3, 0.4) is 0 Å². The molecule has 3 aliphatic rings. The van der Waals surface area contributed by atoms with Gasteiger partial charge in [-0.2, -0.15) is 0 Å². The number of fused-ring (bicyclic) bond motifs is 1. The van der Waals surface area contributed by atoms with Gasteiger partial charge in [-0.25, -0.2) is 0 Å². The summed E-state index contributed by atoms with van der Waals surface area (Å²) in [5.41, 5.74) is 0.768. The average molecular weight is 475 g/mol. The van der Waals surface area contributed by atoms with Gasteiger partial charge in [-0.1, -0.05) is 87.5 Å². The Labute approximate surface area is 207 Å². The minimum absolute atomic E-state index is 0.0173. The van der Waals surface area contributed by atoms with Gasteiger partial charge in [0.15, 0.2) is 0 Å². The smallest absolute Gasteiger partial charge is 0.407 e. The molecular weight excluding hydrogens is 435 g/mol. The van der Waals surface area contributed by atoms with Crippen LogP contribution in [0.25, 0.3) is 0 Å². The quantitative estimate of drug-likeness (QED) is 0.526. The third kappa shape index (κ3) is 3.85. The van der Waals surface area contributed by atoms with Crippen molar-refractivity contribution in [3.63, 3.8) is 0 Å². The summed E-state index contributed by atoms with van der Waals surface area (Å²) in [6.07, 6.45) is 3.50. The Morgan fingerprint density at radius 2 is 1.38 bits per heavy atom. The van der Waals surface area contributed by atoms with Crippen molar-refractivity contribution in [2.24, 2.45) is 17.8 Å². The average Bonchev–Trinajstić information content (AvgIpc) is 3.11. The Morgan fingerprint density at radius 1 is 0.882 bits per heavy atom. The molecule has 3 atom stereocenters. The lowest BCUT2D eigenvalue weighted by molar-refractivity contribution is 0.00578. The fourth-order valence-corrected chi connectivity index (χ4v) is 10.6. The molecule has 0 spiro atoms. The lowest BCUT2D eigenvalue weighted by Gasteiger charge is -2.43. The van der Waals surface area contributed by atoms with Crippen LogP contribution in [0.4, 0.5) is 0 Å². The van der Waals surface area contributed by atoms with Gasteiger partial charge in [0, 0.05) is 6.61 Å². The van der Waals surface area contributed by atoms with Crippen molar-refractivity contribution in [1.29, 1.82) is 0 Å². The van der Waals surface area contributed by atoms with E-state index in [2.05, 4.69) is 115 Å². The zero-order valence-electron chi connectivity index (χ0n) is 21.8. The molecule has 3 nitrogen and oxygen atoms in total. The van der Waals surface area contributed by atoms with Crippen LogP contribution in [0.5, 0.6) is 0 Å². The molecule has 0 radical (unpaired) electrons. The first-order valence-corrected chi connectivity index (χ1v) is 14.7. The van der Waals surface area contributed by atoms with Gasteiger partial charge >= 0.3 is 7.12 Å². The number of hydrogen-bond donors (Lipinski definition) is 0. The summed E-state index contributed by atoms with van der Waals surface area (Å²) in [5.74, 6) is 1.84. The maximum absolute atomic E-state index is 7.20. The van der Waals surface area contributed by atoms with Crippen LogP contribution in [-0.4, -0.2) is 33.2 Å². The van der Waals surface area contributed by atoms with Crippen molar-refractivity contribution in [3.8, 4) is 0 Å². The number of hydrogen-bond acceptors (Lipinski definition) is 3. The predicted molar refractivity (Wildman–Crippen MR) is 143 cm³/mol. The molecule has 1 saturated heterocycles. The van der Waals surface area contributed by atoms with E-state index in [0.29, 0.717) is 17.8 Å². The fraction of sp³-hybridized carbons (Fsp3) is 0.517. The predicted octanol–water partition coefficient (Wildman–Crippen LogP) is 5.39. The van der Waals surface area contributed by atoms with Crippen LogP contribution in [0, 0.1) is 17.8 Å². The number of allylic oxidation sites excluding steroid dienone is 2. The van der Waals surface area contributed by atoms with E-state index in [9.17, 15) is 0 Å². The van der Waals surface area contributed by atoms with E-state index in [-0.39, 0.29) is 23.4 Å².